The van der Waals surface area contributed by atoms with E-state index in [0.29, 0.717) is 35.7 Å². The van der Waals surface area contributed by atoms with Gasteiger partial charge in [-0.05, 0) is 41.0 Å². The minimum absolute atomic E-state index is 0.256. The molecule has 8 rings (SSSR count). The van der Waals surface area contributed by atoms with E-state index in [-0.39, 0.29) is 12.6 Å². The van der Waals surface area contributed by atoms with E-state index in [2.05, 4.69) is 14.7 Å². The van der Waals surface area contributed by atoms with Gasteiger partial charge in [0.1, 0.15) is 35.4 Å². The molecule has 68 heavy (non-hydrogen) atoms. The second-order valence-corrected chi connectivity index (χ2v) is 18.2. The lowest BCUT2D eigenvalue weighted by Crippen LogP contribution is -2.42. The third-order valence-corrected chi connectivity index (χ3v) is 13.9. The van der Waals surface area contributed by atoms with Gasteiger partial charge in [0.2, 0.25) is 5.96 Å². The van der Waals surface area contributed by atoms with Crippen LogP contribution in [0.2, 0.25) is 0 Å². The van der Waals surface area contributed by atoms with Crippen LogP contribution >= 0.6 is 7.75 Å². The van der Waals surface area contributed by atoms with Crippen LogP contribution in [0.25, 0.3) is 0 Å². The van der Waals surface area contributed by atoms with Crippen molar-refractivity contribution >= 4 is 13.7 Å². The Bertz CT molecular complexity index is 2800. The predicted octanol–water partition coefficient (Wildman–Crippen LogP) is 3.64. The number of aromatic nitrogens is 4. The van der Waals surface area contributed by atoms with Gasteiger partial charge in [-0.1, -0.05) is 61.5 Å². The number of alkyl halides is 1. The van der Waals surface area contributed by atoms with Gasteiger partial charge < -0.3 is 38.2 Å². The van der Waals surface area contributed by atoms with Crippen LogP contribution in [0.3, 0.4) is 0 Å². The fourth-order valence-electron chi connectivity index (χ4n) is 8.69. The van der Waals surface area contributed by atoms with Crippen molar-refractivity contribution < 1.29 is 46.4 Å². The summed E-state index contributed by atoms with van der Waals surface area (Å²) in [5.74, 6) is 0.557. The number of benzene rings is 3. The highest BCUT2D eigenvalue weighted by molar-refractivity contribution is 7.52. The number of halogens is 1. The van der Waals surface area contributed by atoms with Crippen LogP contribution in [-0.2, 0) is 38.2 Å². The summed E-state index contributed by atoms with van der Waals surface area (Å²) in [6.07, 6.45) is -7.03. The third kappa shape index (κ3) is 9.60. The summed E-state index contributed by atoms with van der Waals surface area (Å²) in [4.78, 5) is 58.0. The number of nitrogens with one attached hydrogen (secondary N) is 2. The fourth-order valence-corrected chi connectivity index (χ4v) is 10.3. The number of methoxy groups -OCH3 is 3. The third-order valence-electron chi connectivity index (χ3n) is 12.4. The lowest BCUT2D eigenvalue weighted by atomic mass is 9.80. The maximum atomic E-state index is 15.9. The largest absolute Gasteiger partial charge is 0.497 e. The summed E-state index contributed by atoms with van der Waals surface area (Å²) in [5.41, 5.74) is -2.29. The van der Waals surface area contributed by atoms with Gasteiger partial charge in [0.25, 0.3) is 11.1 Å². The second kappa shape index (κ2) is 20.2. The Morgan fingerprint density at radius 3 is 1.74 bits per heavy atom. The summed E-state index contributed by atoms with van der Waals surface area (Å²) >= 11 is 0. The quantitative estimate of drug-likeness (QED) is 0.100. The monoisotopic (exact) mass is 961 g/mol. The molecule has 0 radical (unpaired) electrons. The molecule has 0 spiro atoms. The van der Waals surface area contributed by atoms with Crippen molar-refractivity contribution in [2.24, 2.45) is 10.7 Å². The smallest absolute Gasteiger partial charge is 0.457 e. The average Bonchev–Trinajstić information content (AvgIpc) is 3.95. The van der Waals surface area contributed by atoms with E-state index < -0.39 is 91.4 Å². The molecule has 5 heterocycles. The fraction of sp³-hybridized carbons (Fsp3) is 0.413. The summed E-state index contributed by atoms with van der Waals surface area (Å²) in [5, 5.41) is 0. The number of rotatable bonds is 17. The molecule has 9 atom stereocenters. The topological polar surface area (TPSA) is 219 Å². The van der Waals surface area contributed by atoms with Crippen LogP contribution < -0.4 is 32.0 Å². The highest BCUT2D eigenvalue weighted by Gasteiger charge is 2.53. The first kappa shape index (κ1) is 48.3. The first-order valence-corrected chi connectivity index (χ1v) is 23.2. The SMILES string of the molecule is COc1ccc(C(OC[C@H]2O[C@@H](n3ccc(=O)[nH]c3=O)[C@@H](OC)C2OP(=O)(N=C2N(C)CCN2C)OC[C@H]2O[C@@H](n3ccc(=O)[nH]c3=O)[C@@H](F)C2C)(c2ccccc2)c2ccc(OC)cc2)cc1. The molecule has 3 aliphatic rings. The summed E-state index contributed by atoms with van der Waals surface area (Å²) in [7, 11) is 3.20. The predicted molar refractivity (Wildman–Crippen MR) is 245 cm³/mol. The standard InChI is InChI=1S/C46H53FN7O13P/c1-28-34(65-41(38(28)47)53-22-20-36(55)48-44(53)57)27-64-68(59,50-43-51(2)24-25-52(43)3)67-39-35(66-42(40(39)62-6)54-23-21-37(56)49-45(54)58)26-63-46(29-10-8-7-9-11-29,30-12-16-32(60-4)17-13-30)31-14-18-33(61-5)19-15-31/h7-23,28,34-35,38-42H,24-27H2,1-6H3,(H,48,55,57)(H,49,56,58)/t28?,34-,35-,38+,39?,40+,41-,42-,68?/m1/s1. The van der Waals surface area contributed by atoms with Gasteiger partial charge in [0.05, 0.1) is 33.5 Å². The molecule has 2 N–H and O–H groups in total. The second-order valence-electron chi connectivity index (χ2n) is 16.6. The van der Waals surface area contributed by atoms with Crippen LogP contribution in [0.5, 0.6) is 11.5 Å². The van der Waals surface area contributed by atoms with Crippen LogP contribution in [0.4, 0.5) is 4.39 Å². The molecule has 2 aromatic heterocycles. The van der Waals surface area contributed by atoms with Gasteiger partial charge >= 0.3 is 19.1 Å². The van der Waals surface area contributed by atoms with Crippen LogP contribution in [0, 0.1) is 5.92 Å². The summed E-state index contributed by atoms with van der Waals surface area (Å²) < 4.78 is 87.8. The number of ether oxygens (including phenoxy) is 6. The van der Waals surface area contributed by atoms with Crippen molar-refractivity contribution in [1.29, 1.82) is 0 Å². The van der Waals surface area contributed by atoms with Gasteiger partial charge in [-0.15, -0.1) is 4.76 Å². The van der Waals surface area contributed by atoms with Gasteiger partial charge in [-0.2, -0.15) is 0 Å². The number of nitrogens with zero attached hydrogens (tertiary/aromatic N) is 5. The Kier molecular flexibility index (Phi) is 14.3. The summed E-state index contributed by atoms with van der Waals surface area (Å²) in [6, 6.07) is 26.4. The van der Waals surface area contributed by atoms with Crippen LogP contribution in [-0.4, -0.2) is 127 Å². The van der Waals surface area contributed by atoms with Gasteiger partial charge in [0.15, 0.2) is 18.6 Å². The Morgan fingerprint density at radius 1 is 0.706 bits per heavy atom. The maximum absolute atomic E-state index is 15.9. The van der Waals surface area contributed by atoms with E-state index in [4.69, 9.17) is 37.5 Å². The molecule has 3 aliphatic heterocycles. The van der Waals surface area contributed by atoms with Crippen molar-refractivity contribution in [3.8, 4) is 11.5 Å². The number of guanidine groups is 1. The van der Waals surface area contributed by atoms with Crippen molar-refractivity contribution in [2.75, 3.05) is 61.7 Å². The highest BCUT2D eigenvalue weighted by Crippen LogP contribution is 2.56. The number of hydrogen-bond acceptors (Lipinski definition) is 13. The number of likely N-dealkylation sites (N-methyl/N-ethyl adjacent to an activating group) is 2. The minimum Gasteiger partial charge on any atom is -0.497 e. The molecule has 3 unspecified atom stereocenters. The molecule has 3 aromatic carbocycles. The molecular weight excluding hydrogens is 909 g/mol. The molecule has 0 amide bonds. The van der Waals surface area contributed by atoms with Crippen molar-refractivity contribution in [2.45, 2.75) is 55.6 Å². The molecule has 0 saturated carbocycles. The van der Waals surface area contributed by atoms with Crippen molar-refractivity contribution in [3.63, 3.8) is 0 Å². The minimum atomic E-state index is -4.78. The first-order valence-electron chi connectivity index (χ1n) is 21.7. The van der Waals surface area contributed by atoms with Crippen molar-refractivity contribution in [1.82, 2.24) is 28.9 Å². The van der Waals surface area contributed by atoms with Gasteiger partial charge in [0, 0.05) is 64.7 Å². The number of aromatic amines is 2. The molecule has 22 heteroatoms. The lowest BCUT2D eigenvalue weighted by molar-refractivity contribution is -0.0960. The molecule has 0 aliphatic carbocycles. The van der Waals surface area contributed by atoms with E-state index >= 15 is 8.96 Å². The molecule has 3 fully saturated rings. The number of hydrogen-bond donors (Lipinski definition) is 2. The van der Waals surface area contributed by atoms with Crippen LogP contribution in [0.1, 0.15) is 36.1 Å². The summed E-state index contributed by atoms with van der Waals surface area (Å²) in [6.45, 7) is 1.75. The Balaban J connectivity index is 1.20. The van der Waals surface area contributed by atoms with Crippen LogP contribution in [0.15, 0.2) is 127 Å². The average molecular weight is 962 g/mol. The lowest BCUT2D eigenvalue weighted by Gasteiger charge is -2.37. The zero-order valence-electron chi connectivity index (χ0n) is 38.1. The van der Waals surface area contributed by atoms with E-state index in [1.165, 1.54) is 13.3 Å². The van der Waals surface area contributed by atoms with Gasteiger partial charge in [-0.3, -0.25) is 37.7 Å². The number of H-pyrrole nitrogens is 2. The molecule has 5 aromatic rings. The Hall–Kier alpha value is -6.19. The first-order chi connectivity index (χ1) is 32.7. The molecule has 362 valence electrons. The molecule has 0 bridgehead atoms. The molecular formula is C46H53FN7O13P. The van der Waals surface area contributed by atoms with E-state index in [9.17, 15) is 19.2 Å². The molecule has 20 nitrogen and oxygen atoms in total. The van der Waals surface area contributed by atoms with E-state index in [1.54, 1.807) is 45.0 Å². The Labute approximate surface area is 389 Å². The maximum Gasteiger partial charge on any atom is 0.457 e. The zero-order valence-corrected chi connectivity index (χ0v) is 39.0. The van der Waals surface area contributed by atoms with E-state index in [0.717, 1.165) is 33.0 Å². The Morgan fingerprint density at radius 2 is 1.22 bits per heavy atom. The zero-order chi connectivity index (χ0) is 48.3. The van der Waals surface area contributed by atoms with Crippen molar-refractivity contribution in [3.05, 3.63) is 162 Å². The van der Waals surface area contributed by atoms with Gasteiger partial charge in [-0.25, -0.2) is 18.5 Å². The normalized spacial score (nSPS) is 24.8. The van der Waals surface area contributed by atoms with E-state index in [1.807, 2.05) is 78.9 Å². The molecule has 3 saturated heterocycles. The highest BCUT2D eigenvalue weighted by atomic mass is 31.2.